The third-order valence-corrected chi connectivity index (χ3v) is 5.15. The van der Waals surface area contributed by atoms with Crippen LogP contribution in [0.25, 0.3) is 11.0 Å². The summed E-state index contributed by atoms with van der Waals surface area (Å²) < 4.78 is 43.7. The van der Waals surface area contributed by atoms with Crippen LogP contribution in [0.1, 0.15) is 26.0 Å². The Labute approximate surface area is 132 Å². The molecule has 7 nitrogen and oxygen atoms in total. The zero-order valence-corrected chi connectivity index (χ0v) is 13.7. The number of oxime groups is 1. The molecule has 0 atom stereocenters. The molecule has 1 aliphatic rings. The molecule has 2 aromatic rings. The quantitative estimate of drug-likeness (QED) is 0.921. The van der Waals surface area contributed by atoms with Crippen molar-refractivity contribution in [3.63, 3.8) is 0 Å². The first-order valence-corrected chi connectivity index (χ1v) is 8.60. The molecule has 9 heteroatoms. The summed E-state index contributed by atoms with van der Waals surface area (Å²) in [4.78, 5) is 5.10. The second-order valence-corrected chi connectivity index (χ2v) is 7.97. The van der Waals surface area contributed by atoms with Gasteiger partial charge < -0.3 is 14.7 Å². The molecule has 2 heterocycles. The van der Waals surface area contributed by atoms with Gasteiger partial charge in [-0.15, -0.1) is 0 Å². The Morgan fingerprint density at radius 2 is 2.13 bits per heavy atom. The molecule has 1 aromatic carbocycles. The monoisotopic (exact) mass is 341 g/mol. The molecule has 0 bridgehead atoms. The van der Waals surface area contributed by atoms with E-state index in [0.717, 1.165) is 0 Å². The molecular formula is C14H16FN3O4S. The van der Waals surface area contributed by atoms with E-state index < -0.39 is 21.3 Å². The van der Waals surface area contributed by atoms with E-state index in [2.05, 4.69) is 15.6 Å². The lowest BCUT2D eigenvalue weighted by Gasteiger charge is -2.13. The summed E-state index contributed by atoms with van der Waals surface area (Å²) in [5.74, 6) is -0.881. The molecule has 0 fully saturated rings. The standard InChI is InChI=1S/C14H16FN3O4S/c1-14(2)6-13(18-22-14)23(19,20)7-11-8-4-10(16-3)9(15)5-12(8)21-17-11/h4-5,16H,6-7H2,1-3H3. The van der Waals surface area contributed by atoms with Crippen molar-refractivity contribution in [1.82, 2.24) is 5.16 Å². The predicted octanol–water partition coefficient (Wildman–Crippen LogP) is 2.44. The highest BCUT2D eigenvalue weighted by atomic mass is 32.2. The van der Waals surface area contributed by atoms with Gasteiger partial charge in [-0.25, -0.2) is 12.8 Å². The highest BCUT2D eigenvalue weighted by Gasteiger charge is 2.36. The molecule has 0 saturated carbocycles. The summed E-state index contributed by atoms with van der Waals surface area (Å²) >= 11 is 0. The van der Waals surface area contributed by atoms with Crippen LogP contribution in [0.15, 0.2) is 21.8 Å². The van der Waals surface area contributed by atoms with Crippen molar-refractivity contribution >= 4 is 31.5 Å². The van der Waals surface area contributed by atoms with Crippen LogP contribution in [0, 0.1) is 5.82 Å². The molecule has 1 aliphatic heterocycles. The molecule has 3 rings (SSSR count). The molecule has 1 aromatic heterocycles. The Bertz CT molecular complexity index is 902. The number of benzene rings is 1. The van der Waals surface area contributed by atoms with Gasteiger partial charge in [-0.3, -0.25) is 0 Å². The first kappa shape index (κ1) is 15.7. The van der Waals surface area contributed by atoms with Crippen LogP contribution in [0.3, 0.4) is 0 Å². The van der Waals surface area contributed by atoms with Gasteiger partial charge in [-0.1, -0.05) is 10.3 Å². The van der Waals surface area contributed by atoms with Crippen molar-refractivity contribution in [3.05, 3.63) is 23.6 Å². The number of halogens is 1. The minimum absolute atomic E-state index is 0.0189. The smallest absolute Gasteiger partial charge is 0.200 e. The van der Waals surface area contributed by atoms with Crippen molar-refractivity contribution in [1.29, 1.82) is 0 Å². The lowest BCUT2D eigenvalue weighted by molar-refractivity contribution is 0.0123. The molecule has 1 N–H and O–H groups in total. The number of rotatable bonds is 3. The van der Waals surface area contributed by atoms with Crippen LogP contribution in [0.5, 0.6) is 0 Å². The average Bonchev–Trinajstić information content (AvgIpc) is 3.01. The third kappa shape index (κ3) is 2.88. The number of anilines is 1. The van der Waals surface area contributed by atoms with Gasteiger partial charge in [0.05, 0.1) is 5.69 Å². The van der Waals surface area contributed by atoms with Crippen molar-refractivity contribution in [2.24, 2.45) is 5.16 Å². The summed E-state index contributed by atoms with van der Waals surface area (Å²) in [5, 5.41) is 10.5. The maximum atomic E-state index is 13.7. The highest BCUT2D eigenvalue weighted by molar-refractivity contribution is 8.05. The van der Waals surface area contributed by atoms with Crippen molar-refractivity contribution in [2.75, 3.05) is 12.4 Å². The second kappa shape index (κ2) is 5.19. The summed E-state index contributed by atoms with van der Waals surface area (Å²) in [5.41, 5.74) is -0.000871. The summed E-state index contributed by atoms with van der Waals surface area (Å²) in [6, 6.07) is 2.65. The second-order valence-electron chi connectivity index (χ2n) is 5.98. The Hall–Kier alpha value is -2.16. The number of hydrogen-bond donors (Lipinski definition) is 1. The summed E-state index contributed by atoms with van der Waals surface area (Å²) in [7, 11) is -2.12. The highest BCUT2D eigenvalue weighted by Crippen LogP contribution is 2.29. The van der Waals surface area contributed by atoms with Gasteiger partial charge in [0.15, 0.2) is 10.6 Å². The van der Waals surface area contributed by atoms with E-state index in [1.54, 1.807) is 20.9 Å². The summed E-state index contributed by atoms with van der Waals surface area (Å²) in [6.45, 7) is 3.51. The van der Waals surface area contributed by atoms with Crippen LogP contribution >= 0.6 is 0 Å². The number of hydrogen-bond acceptors (Lipinski definition) is 7. The maximum Gasteiger partial charge on any atom is 0.200 e. The van der Waals surface area contributed by atoms with Crippen LogP contribution < -0.4 is 5.32 Å². The number of aromatic nitrogens is 1. The molecule has 0 spiro atoms. The Morgan fingerprint density at radius 1 is 1.39 bits per heavy atom. The lowest BCUT2D eigenvalue weighted by atomic mass is 10.1. The van der Waals surface area contributed by atoms with Crippen LogP contribution in [-0.2, 0) is 20.4 Å². The lowest BCUT2D eigenvalue weighted by Crippen LogP contribution is -2.23. The molecular weight excluding hydrogens is 325 g/mol. The van der Waals surface area contributed by atoms with E-state index in [1.165, 1.54) is 12.1 Å². The van der Waals surface area contributed by atoms with Gasteiger partial charge in [0.25, 0.3) is 0 Å². The predicted molar refractivity (Wildman–Crippen MR) is 83.4 cm³/mol. The van der Waals surface area contributed by atoms with E-state index in [9.17, 15) is 12.8 Å². The number of nitrogens with one attached hydrogen (secondary N) is 1. The first-order valence-electron chi connectivity index (χ1n) is 6.95. The molecule has 23 heavy (non-hydrogen) atoms. The number of nitrogens with zero attached hydrogens (tertiary/aromatic N) is 2. The zero-order valence-electron chi connectivity index (χ0n) is 12.9. The van der Waals surface area contributed by atoms with Gasteiger partial charge in [0.1, 0.15) is 22.9 Å². The molecule has 0 unspecified atom stereocenters. The third-order valence-electron chi connectivity index (χ3n) is 3.56. The van der Waals surface area contributed by atoms with E-state index in [0.29, 0.717) is 5.39 Å². The van der Waals surface area contributed by atoms with Crippen molar-refractivity contribution < 1.29 is 22.2 Å². The van der Waals surface area contributed by atoms with E-state index >= 15 is 0 Å². The van der Waals surface area contributed by atoms with Gasteiger partial charge in [0, 0.05) is 24.9 Å². The minimum atomic E-state index is -3.69. The van der Waals surface area contributed by atoms with Crippen molar-refractivity contribution in [2.45, 2.75) is 31.6 Å². The molecule has 0 aliphatic carbocycles. The van der Waals surface area contributed by atoms with Crippen molar-refractivity contribution in [3.8, 4) is 0 Å². The van der Waals surface area contributed by atoms with Crippen LogP contribution in [0.4, 0.5) is 10.1 Å². The zero-order chi connectivity index (χ0) is 16.8. The normalized spacial score (nSPS) is 17.1. The Morgan fingerprint density at radius 3 is 2.74 bits per heavy atom. The fourth-order valence-corrected chi connectivity index (χ4v) is 3.79. The van der Waals surface area contributed by atoms with Gasteiger partial charge in [0.2, 0.25) is 9.84 Å². The van der Waals surface area contributed by atoms with E-state index in [-0.39, 0.29) is 34.2 Å². The molecule has 124 valence electrons. The molecule has 0 saturated heterocycles. The molecule has 0 radical (unpaired) electrons. The first-order chi connectivity index (χ1) is 10.7. The Kier molecular flexibility index (Phi) is 3.55. The fourth-order valence-electron chi connectivity index (χ4n) is 2.34. The fraction of sp³-hybridized carbons (Fsp3) is 0.429. The summed E-state index contributed by atoms with van der Waals surface area (Å²) in [6.07, 6.45) is 0.196. The average molecular weight is 341 g/mol. The topological polar surface area (TPSA) is 93.8 Å². The SMILES string of the molecule is CNc1cc2c(CS(=O)(=O)C3=NOC(C)(C)C3)noc2cc1F. The van der Waals surface area contributed by atoms with Crippen LogP contribution in [0.2, 0.25) is 0 Å². The van der Waals surface area contributed by atoms with Gasteiger partial charge in [-0.2, -0.15) is 0 Å². The maximum absolute atomic E-state index is 13.7. The van der Waals surface area contributed by atoms with E-state index in [1.807, 2.05) is 0 Å². The minimum Gasteiger partial charge on any atom is -0.389 e. The van der Waals surface area contributed by atoms with E-state index in [4.69, 9.17) is 9.36 Å². The number of fused-ring (bicyclic) bond motifs is 1. The van der Waals surface area contributed by atoms with Crippen LogP contribution in [-0.4, -0.2) is 31.3 Å². The molecule has 0 amide bonds. The number of sulfone groups is 1. The van der Waals surface area contributed by atoms with Gasteiger partial charge in [-0.05, 0) is 19.9 Å². The van der Waals surface area contributed by atoms with Gasteiger partial charge >= 0.3 is 0 Å². The Balaban J connectivity index is 1.96. The largest absolute Gasteiger partial charge is 0.389 e.